The molecule has 0 fully saturated rings. The number of rotatable bonds is 3. The van der Waals surface area contributed by atoms with Crippen LogP contribution in [0, 0.1) is 6.92 Å². The van der Waals surface area contributed by atoms with Crippen LogP contribution in [0.15, 0.2) is 36.4 Å². The molecule has 2 rings (SSSR count). The lowest BCUT2D eigenvalue weighted by Gasteiger charge is -2.12. The molecule has 0 aromatic heterocycles. The van der Waals surface area contributed by atoms with Crippen molar-refractivity contribution >= 4 is 0 Å². The number of methoxy groups -OCH3 is 2. The molecule has 2 aromatic rings. The number of benzene rings is 2. The van der Waals surface area contributed by atoms with Crippen LogP contribution in [0.25, 0.3) is 11.1 Å². The van der Waals surface area contributed by atoms with Crippen LogP contribution in [0.2, 0.25) is 0 Å². The van der Waals surface area contributed by atoms with Crippen molar-refractivity contribution in [2.75, 3.05) is 14.2 Å². The van der Waals surface area contributed by atoms with Crippen LogP contribution in [0.1, 0.15) is 5.56 Å². The monoisotopic (exact) mass is 244 g/mol. The molecule has 3 heteroatoms. The Morgan fingerprint density at radius 2 is 1.50 bits per heavy atom. The molecule has 1 N–H and O–H groups in total. The Morgan fingerprint density at radius 3 is 2.00 bits per heavy atom. The molecule has 0 bridgehead atoms. The average molecular weight is 244 g/mol. The number of ether oxygens (including phenoxy) is 2. The van der Waals surface area contributed by atoms with Gasteiger partial charge in [0.1, 0.15) is 0 Å². The van der Waals surface area contributed by atoms with E-state index in [1.807, 2.05) is 31.2 Å². The highest BCUT2D eigenvalue weighted by Crippen LogP contribution is 2.40. The van der Waals surface area contributed by atoms with Crippen LogP contribution < -0.4 is 9.47 Å². The fraction of sp³-hybridized carbons (Fsp3) is 0.200. The molecular weight excluding hydrogens is 228 g/mol. The average Bonchev–Trinajstić information content (AvgIpc) is 2.40. The van der Waals surface area contributed by atoms with Gasteiger partial charge in [-0.1, -0.05) is 24.3 Å². The van der Waals surface area contributed by atoms with Crippen molar-refractivity contribution in [3.63, 3.8) is 0 Å². The number of phenolic OH excluding ortho intramolecular Hbond substituents is 1. The molecule has 0 heterocycles. The van der Waals surface area contributed by atoms with Gasteiger partial charge in [0.25, 0.3) is 0 Å². The lowest BCUT2D eigenvalue weighted by molar-refractivity contribution is 0.340. The summed E-state index contributed by atoms with van der Waals surface area (Å²) in [6, 6.07) is 11.7. The van der Waals surface area contributed by atoms with Crippen molar-refractivity contribution in [1.29, 1.82) is 0 Å². The van der Waals surface area contributed by atoms with Crippen molar-refractivity contribution < 1.29 is 14.6 Å². The second-order valence-electron chi connectivity index (χ2n) is 4.04. The minimum atomic E-state index is 0.0253. The van der Waals surface area contributed by atoms with Gasteiger partial charge in [-0.3, -0.25) is 0 Å². The van der Waals surface area contributed by atoms with Crippen molar-refractivity contribution in [2.24, 2.45) is 0 Å². The predicted octanol–water partition coefficient (Wildman–Crippen LogP) is 3.38. The maximum absolute atomic E-state index is 9.88. The van der Waals surface area contributed by atoms with E-state index in [1.165, 1.54) is 14.2 Å². The zero-order valence-corrected chi connectivity index (χ0v) is 10.7. The van der Waals surface area contributed by atoms with Crippen LogP contribution in [0.3, 0.4) is 0 Å². The molecule has 0 aliphatic heterocycles. The lowest BCUT2D eigenvalue weighted by atomic mass is 10.00. The summed E-state index contributed by atoms with van der Waals surface area (Å²) in [6.45, 7) is 2.04. The normalized spacial score (nSPS) is 10.2. The fourth-order valence-electron chi connectivity index (χ4n) is 1.95. The first-order chi connectivity index (χ1) is 8.67. The Balaban J connectivity index is 2.62. The van der Waals surface area contributed by atoms with Gasteiger partial charge in [-0.15, -0.1) is 0 Å². The molecule has 0 spiro atoms. The highest BCUT2D eigenvalue weighted by molar-refractivity contribution is 5.73. The van der Waals surface area contributed by atoms with Gasteiger partial charge >= 0.3 is 0 Å². The van der Waals surface area contributed by atoms with Crippen molar-refractivity contribution in [3.8, 4) is 28.4 Å². The summed E-state index contributed by atoms with van der Waals surface area (Å²) in [7, 11) is 3.05. The summed E-state index contributed by atoms with van der Waals surface area (Å²) >= 11 is 0. The zero-order valence-electron chi connectivity index (χ0n) is 10.7. The summed E-state index contributed by atoms with van der Waals surface area (Å²) in [6.07, 6.45) is 0. The summed E-state index contributed by atoms with van der Waals surface area (Å²) in [5.74, 6) is 0.845. The third kappa shape index (κ3) is 2.12. The van der Waals surface area contributed by atoms with Crippen molar-refractivity contribution in [2.45, 2.75) is 6.92 Å². The van der Waals surface area contributed by atoms with E-state index in [4.69, 9.17) is 9.47 Å². The number of aryl methyl sites for hydroxylation is 1. The van der Waals surface area contributed by atoms with Crippen LogP contribution in [0.5, 0.6) is 17.2 Å². The molecule has 0 amide bonds. The number of phenols is 1. The Kier molecular flexibility index (Phi) is 3.42. The second-order valence-corrected chi connectivity index (χ2v) is 4.04. The third-order valence-corrected chi connectivity index (χ3v) is 2.94. The molecule has 18 heavy (non-hydrogen) atoms. The van der Waals surface area contributed by atoms with Gasteiger partial charge in [0, 0.05) is 0 Å². The van der Waals surface area contributed by atoms with Gasteiger partial charge in [0.15, 0.2) is 11.5 Å². The molecule has 0 aliphatic rings. The van der Waals surface area contributed by atoms with E-state index in [-0.39, 0.29) is 5.75 Å². The molecule has 2 aromatic carbocycles. The first-order valence-electron chi connectivity index (χ1n) is 5.68. The smallest absolute Gasteiger partial charge is 0.200 e. The minimum Gasteiger partial charge on any atom is -0.502 e. The van der Waals surface area contributed by atoms with Crippen LogP contribution in [-0.2, 0) is 0 Å². The molecule has 94 valence electrons. The molecule has 0 radical (unpaired) electrons. The molecule has 0 saturated heterocycles. The Morgan fingerprint density at radius 1 is 0.944 bits per heavy atom. The molecule has 0 unspecified atom stereocenters. The largest absolute Gasteiger partial charge is 0.502 e. The molecule has 0 saturated carbocycles. The predicted molar refractivity (Wildman–Crippen MR) is 71.4 cm³/mol. The number of hydrogen-bond donors (Lipinski definition) is 1. The SMILES string of the molecule is COc1cc(-c2ccccc2C)cc(OC)c1O. The summed E-state index contributed by atoms with van der Waals surface area (Å²) < 4.78 is 10.3. The molecule has 3 nitrogen and oxygen atoms in total. The fourth-order valence-corrected chi connectivity index (χ4v) is 1.95. The maximum atomic E-state index is 9.88. The first-order valence-corrected chi connectivity index (χ1v) is 5.68. The summed E-state index contributed by atoms with van der Waals surface area (Å²) in [5.41, 5.74) is 3.21. The van der Waals surface area contributed by atoms with E-state index in [1.54, 1.807) is 12.1 Å². The second kappa shape index (κ2) is 5.00. The highest BCUT2D eigenvalue weighted by atomic mass is 16.5. The van der Waals surface area contributed by atoms with Gasteiger partial charge < -0.3 is 14.6 Å². The van der Waals surface area contributed by atoms with Crippen LogP contribution in [-0.4, -0.2) is 19.3 Å². The number of hydrogen-bond acceptors (Lipinski definition) is 3. The van der Waals surface area contributed by atoms with E-state index >= 15 is 0 Å². The minimum absolute atomic E-state index is 0.0253. The lowest BCUT2D eigenvalue weighted by Crippen LogP contribution is -1.91. The standard InChI is InChI=1S/C15H16O3/c1-10-6-4-5-7-12(10)11-8-13(17-2)15(16)14(9-11)18-3/h4-9,16H,1-3H3. The topological polar surface area (TPSA) is 38.7 Å². The number of aromatic hydroxyl groups is 1. The van der Waals surface area contributed by atoms with Crippen molar-refractivity contribution in [3.05, 3.63) is 42.0 Å². The zero-order chi connectivity index (χ0) is 13.1. The van der Waals surface area contributed by atoms with Crippen LogP contribution in [0.4, 0.5) is 0 Å². The van der Waals surface area contributed by atoms with Gasteiger partial charge in [-0.2, -0.15) is 0 Å². The van der Waals surface area contributed by atoms with E-state index < -0.39 is 0 Å². The van der Waals surface area contributed by atoms with E-state index in [0.29, 0.717) is 11.5 Å². The Labute approximate surface area is 107 Å². The molecule has 0 aliphatic carbocycles. The van der Waals surface area contributed by atoms with E-state index in [9.17, 15) is 5.11 Å². The quantitative estimate of drug-likeness (QED) is 0.899. The van der Waals surface area contributed by atoms with Gasteiger partial charge in [0.2, 0.25) is 5.75 Å². The van der Waals surface area contributed by atoms with Crippen molar-refractivity contribution in [1.82, 2.24) is 0 Å². The van der Waals surface area contributed by atoms with Gasteiger partial charge in [-0.05, 0) is 35.7 Å². The summed E-state index contributed by atoms with van der Waals surface area (Å²) in [5, 5.41) is 9.88. The third-order valence-electron chi connectivity index (χ3n) is 2.94. The van der Waals surface area contributed by atoms with E-state index in [2.05, 4.69) is 0 Å². The Bertz CT molecular complexity index is 536. The van der Waals surface area contributed by atoms with Gasteiger partial charge in [0.05, 0.1) is 14.2 Å². The van der Waals surface area contributed by atoms with Gasteiger partial charge in [-0.25, -0.2) is 0 Å². The van der Waals surface area contributed by atoms with E-state index in [0.717, 1.165) is 16.7 Å². The molecular formula is C15H16O3. The Hall–Kier alpha value is -2.16. The van der Waals surface area contributed by atoms with Crippen LogP contribution >= 0.6 is 0 Å². The maximum Gasteiger partial charge on any atom is 0.200 e. The summed E-state index contributed by atoms with van der Waals surface area (Å²) in [4.78, 5) is 0. The highest BCUT2D eigenvalue weighted by Gasteiger charge is 2.12. The molecule has 0 atom stereocenters. The first kappa shape index (κ1) is 12.3.